The summed E-state index contributed by atoms with van der Waals surface area (Å²) >= 11 is 0. The highest BCUT2D eigenvalue weighted by Gasteiger charge is 2.23. The topological polar surface area (TPSA) is 55.6 Å². The second-order valence-electron chi connectivity index (χ2n) is 5.58. The number of halogens is 1. The summed E-state index contributed by atoms with van der Waals surface area (Å²) in [5.41, 5.74) is 6.90. The van der Waals surface area contributed by atoms with E-state index in [9.17, 15) is 4.79 Å². The van der Waals surface area contributed by atoms with Crippen LogP contribution in [0.15, 0.2) is 30.3 Å². The summed E-state index contributed by atoms with van der Waals surface area (Å²) in [4.78, 5) is 14.2. The standard InChI is InChI=1S/C16H24N2O2.ClH/c1-13(17)10-16(19)18(12-15-8-5-9-20-15)11-14-6-3-2-4-7-14;/h2-4,6-7,13,15H,5,8-12,17H2,1H3;1H. The van der Waals surface area contributed by atoms with Gasteiger partial charge in [0, 0.05) is 32.2 Å². The summed E-state index contributed by atoms with van der Waals surface area (Å²) in [6, 6.07) is 9.96. The van der Waals surface area contributed by atoms with Crippen molar-refractivity contribution in [2.45, 2.75) is 44.9 Å². The van der Waals surface area contributed by atoms with Crippen molar-refractivity contribution < 1.29 is 9.53 Å². The highest BCUT2D eigenvalue weighted by Crippen LogP contribution is 2.16. The number of benzene rings is 1. The lowest BCUT2D eigenvalue weighted by molar-refractivity contribution is -0.133. The first-order chi connectivity index (χ1) is 9.65. The number of rotatable bonds is 6. The van der Waals surface area contributed by atoms with E-state index in [0.29, 0.717) is 19.5 Å². The quantitative estimate of drug-likeness (QED) is 0.877. The lowest BCUT2D eigenvalue weighted by Crippen LogP contribution is -2.39. The Bertz CT molecular complexity index is 420. The number of hydrogen-bond acceptors (Lipinski definition) is 3. The molecule has 2 rings (SSSR count). The van der Waals surface area contributed by atoms with Crippen molar-refractivity contribution >= 4 is 18.3 Å². The molecule has 4 nitrogen and oxygen atoms in total. The van der Waals surface area contributed by atoms with E-state index < -0.39 is 0 Å². The number of carbonyl (C=O) groups is 1. The van der Waals surface area contributed by atoms with E-state index >= 15 is 0 Å². The zero-order chi connectivity index (χ0) is 14.4. The van der Waals surface area contributed by atoms with Crippen molar-refractivity contribution in [1.82, 2.24) is 4.90 Å². The van der Waals surface area contributed by atoms with E-state index in [4.69, 9.17) is 10.5 Å². The van der Waals surface area contributed by atoms with Crippen molar-refractivity contribution in [3.05, 3.63) is 35.9 Å². The molecular weight excluding hydrogens is 288 g/mol. The van der Waals surface area contributed by atoms with Crippen molar-refractivity contribution in [3.8, 4) is 0 Å². The number of nitrogens with two attached hydrogens (primary N) is 1. The summed E-state index contributed by atoms with van der Waals surface area (Å²) in [5, 5.41) is 0. The van der Waals surface area contributed by atoms with Crippen LogP contribution in [-0.2, 0) is 16.1 Å². The summed E-state index contributed by atoms with van der Waals surface area (Å²) in [6.45, 7) is 3.97. The molecule has 0 radical (unpaired) electrons. The lowest BCUT2D eigenvalue weighted by Gasteiger charge is -2.26. The zero-order valence-electron chi connectivity index (χ0n) is 12.5. The lowest BCUT2D eigenvalue weighted by atomic mass is 10.1. The molecule has 2 N–H and O–H groups in total. The summed E-state index contributed by atoms with van der Waals surface area (Å²) in [7, 11) is 0. The Morgan fingerprint density at radius 1 is 1.43 bits per heavy atom. The molecule has 2 atom stereocenters. The zero-order valence-corrected chi connectivity index (χ0v) is 13.3. The van der Waals surface area contributed by atoms with Gasteiger partial charge in [0.1, 0.15) is 0 Å². The summed E-state index contributed by atoms with van der Waals surface area (Å²) in [5.74, 6) is 0.111. The molecular formula is C16H25ClN2O2. The van der Waals surface area contributed by atoms with Crippen LogP contribution in [0.4, 0.5) is 0 Å². The number of hydrogen-bond donors (Lipinski definition) is 1. The number of nitrogens with zero attached hydrogens (tertiary/aromatic N) is 1. The Morgan fingerprint density at radius 3 is 2.71 bits per heavy atom. The average molecular weight is 313 g/mol. The maximum absolute atomic E-state index is 12.3. The number of carbonyl (C=O) groups excluding carboxylic acids is 1. The predicted octanol–water partition coefficient (Wildman–Crippen LogP) is 2.35. The molecule has 1 fully saturated rings. The van der Waals surface area contributed by atoms with E-state index in [2.05, 4.69) is 0 Å². The van der Waals surface area contributed by atoms with Gasteiger partial charge in [0.25, 0.3) is 0 Å². The normalized spacial score (nSPS) is 18.9. The molecule has 0 aliphatic carbocycles. The molecule has 0 bridgehead atoms. The van der Waals surface area contributed by atoms with Crippen LogP contribution in [0.3, 0.4) is 0 Å². The van der Waals surface area contributed by atoms with Crippen LogP contribution in [0, 0.1) is 0 Å². The van der Waals surface area contributed by atoms with Gasteiger partial charge < -0.3 is 15.4 Å². The average Bonchev–Trinajstić information content (AvgIpc) is 2.91. The highest BCUT2D eigenvalue weighted by molar-refractivity contribution is 5.85. The third-order valence-corrected chi connectivity index (χ3v) is 3.51. The third-order valence-electron chi connectivity index (χ3n) is 3.51. The van der Waals surface area contributed by atoms with Gasteiger partial charge >= 0.3 is 0 Å². The second kappa shape index (κ2) is 9.03. The molecule has 2 unspecified atom stereocenters. The predicted molar refractivity (Wildman–Crippen MR) is 86.3 cm³/mol. The van der Waals surface area contributed by atoms with Gasteiger partial charge in [-0.1, -0.05) is 30.3 Å². The Balaban J connectivity index is 0.00000220. The molecule has 1 aromatic carbocycles. The van der Waals surface area contributed by atoms with Gasteiger partial charge in [-0.3, -0.25) is 4.79 Å². The number of amides is 1. The van der Waals surface area contributed by atoms with E-state index in [1.54, 1.807) is 0 Å². The molecule has 1 amide bonds. The van der Waals surface area contributed by atoms with Crippen LogP contribution < -0.4 is 5.73 Å². The fourth-order valence-electron chi connectivity index (χ4n) is 2.50. The number of ether oxygens (including phenoxy) is 1. The molecule has 0 aromatic heterocycles. The van der Waals surface area contributed by atoms with Gasteiger partial charge in [-0.15, -0.1) is 12.4 Å². The fraction of sp³-hybridized carbons (Fsp3) is 0.562. The Hall–Kier alpha value is -1.10. The Morgan fingerprint density at radius 2 is 2.14 bits per heavy atom. The largest absolute Gasteiger partial charge is 0.376 e. The molecule has 1 aliphatic rings. The molecule has 5 heteroatoms. The SMILES string of the molecule is CC(N)CC(=O)N(Cc1ccccc1)CC1CCCO1.Cl. The van der Waals surface area contributed by atoms with E-state index in [1.807, 2.05) is 42.2 Å². The molecule has 0 saturated carbocycles. The van der Waals surface area contributed by atoms with Crippen molar-refractivity contribution in [2.75, 3.05) is 13.2 Å². The molecule has 1 saturated heterocycles. The molecule has 118 valence electrons. The molecule has 1 heterocycles. The van der Waals surface area contributed by atoms with Gasteiger partial charge in [-0.05, 0) is 25.3 Å². The third kappa shape index (κ3) is 6.04. The van der Waals surface area contributed by atoms with Gasteiger partial charge in [-0.2, -0.15) is 0 Å². The van der Waals surface area contributed by atoms with Crippen molar-refractivity contribution in [2.24, 2.45) is 5.73 Å². The molecule has 21 heavy (non-hydrogen) atoms. The maximum Gasteiger partial charge on any atom is 0.224 e. The van der Waals surface area contributed by atoms with E-state index in [0.717, 1.165) is 25.0 Å². The van der Waals surface area contributed by atoms with Crippen LogP contribution in [0.25, 0.3) is 0 Å². The Kier molecular flexibility index (Phi) is 7.72. The van der Waals surface area contributed by atoms with Crippen molar-refractivity contribution in [3.63, 3.8) is 0 Å². The summed E-state index contributed by atoms with van der Waals surface area (Å²) in [6.07, 6.45) is 2.69. The maximum atomic E-state index is 12.3. The van der Waals surface area contributed by atoms with Crippen LogP contribution in [-0.4, -0.2) is 36.1 Å². The molecule has 1 aromatic rings. The minimum atomic E-state index is -0.106. The smallest absolute Gasteiger partial charge is 0.224 e. The van der Waals surface area contributed by atoms with Crippen LogP contribution in [0.5, 0.6) is 0 Å². The van der Waals surface area contributed by atoms with E-state index in [1.165, 1.54) is 0 Å². The van der Waals surface area contributed by atoms with Crippen LogP contribution >= 0.6 is 12.4 Å². The second-order valence-corrected chi connectivity index (χ2v) is 5.58. The van der Waals surface area contributed by atoms with Gasteiger partial charge in [-0.25, -0.2) is 0 Å². The first kappa shape index (κ1) is 18.0. The van der Waals surface area contributed by atoms with Gasteiger partial charge in [0.2, 0.25) is 5.91 Å². The van der Waals surface area contributed by atoms with Crippen LogP contribution in [0.2, 0.25) is 0 Å². The monoisotopic (exact) mass is 312 g/mol. The van der Waals surface area contributed by atoms with Gasteiger partial charge in [0.15, 0.2) is 0 Å². The van der Waals surface area contributed by atoms with E-state index in [-0.39, 0.29) is 30.5 Å². The summed E-state index contributed by atoms with van der Waals surface area (Å²) < 4.78 is 5.65. The molecule has 0 spiro atoms. The minimum Gasteiger partial charge on any atom is -0.376 e. The first-order valence-corrected chi connectivity index (χ1v) is 7.34. The highest BCUT2D eigenvalue weighted by atomic mass is 35.5. The van der Waals surface area contributed by atoms with Crippen molar-refractivity contribution in [1.29, 1.82) is 0 Å². The Labute approximate surface area is 133 Å². The van der Waals surface area contributed by atoms with Gasteiger partial charge in [0.05, 0.1) is 6.10 Å². The minimum absolute atomic E-state index is 0. The fourth-order valence-corrected chi connectivity index (χ4v) is 2.50. The van der Waals surface area contributed by atoms with Crippen LogP contribution in [0.1, 0.15) is 31.7 Å². The first-order valence-electron chi connectivity index (χ1n) is 7.34. The molecule has 1 aliphatic heterocycles.